The minimum absolute atomic E-state index is 0.0000463. The molecule has 0 heterocycles. The van der Waals surface area contributed by atoms with Gasteiger partial charge in [-0.1, -0.05) is 29.5 Å². The quantitative estimate of drug-likeness (QED) is 0.0436. The van der Waals surface area contributed by atoms with Crippen LogP contribution in [0.15, 0.2) is 0 Å². The van der Waals surface area contributed by atoms with Crippen LogP contribution in [0.2, 0.25) is 0 Å². The van der Waals surface area contributed by atoms with Crippen molar-refractivity contribution in [3.8, 4) is 0 Å². The molecule has 0 saturated heterocycles. The van der Waals surface area contributed by atoms with Crippen LogP contribution in [0, 0.1) is 0 Å². The van der Waals surface area contributed by atoms with Crippen LogP contribution < -0.4 is 5.32 Å². The van der Waals surface area contributed by atoms with Gasteiger partial charge in [0.25, 0.3) is 0 Å². The molecule has 0 saturated carbocycles. The van der Waals surface area contributed by atoms with Crippen molar-refractivity contribution in [2.24, 2.45) is 0 Å². The van der Waals surface area contributed by atoms with Crippen molar-refractivity contribution in [2.75, 3.05) is 85.6 Å². The summed E-state index contributed by atoms with van der Waals surface area (Å²) in [4.78, 5) is 1.42. The van der Waals surface area contributed by atoms with Crippen LogP contribution in [0.25, 0.3) is 0 Å². The van der Waals surface area contributed by atoms with Gasteiger partial charge in [-0.05, 0) is 20.3 Å². The largest absolute Gasteiger partial charge is 0.381 e. The summed E-state index contributed by atoms with van der Waals surface area (Å²) < 4.78 is 0. The first-order chi connectivity index (χ1) is 18.2. The Kier molecular flexibility index (Phi) is 38.7. The van der Waals surface area contributed by atoms with E-state index in [1.54, 1.807) is 20.8 Å². The van der Waals surface area contributed by atoms with E-state index >= 15 is 0 Å². The van der Waals surface area contributed by atoms with Crippen LogP contribution in [-0.2, 0) is 0 Å². The molecule has 20 heteroatoms. The van der Waals surface area contributed by atoms with E-state index in [0.717, 1.165) is 21.6 Å². The molecule has 0 aromatic rings. The van der Waals surface area contributed by atoms with Gasteiger partial charge < -0.3 is 30.9 Å². The van der Waals surface area contributed by atoms with E-state index < -0.39 is 0 Å². The molecular weight excluding hydrogens is 532 g/mol. The summed E-state index contributed by atoms with van der Waals surface area (Å²) in [5, 5.41) is 107. The van der Waals surface area contributed by atoms with Crippen molar-refractivity contribution in [3.63, 3.8) is 0 Å². The van der Waals surface area contributed by atoms with Gasteiger partial charge in [0.2, 0.25) is 0 Å². The van der Waals surface area contributed by atoms with E-state index in [1.807, 2.05) is 6.92 Å². The molecular formula is C19H54N8O12. The number of rotatable bonds is 19. The Balaban J connectivity index is -0.000000210. The Labute approximate surface area is 229 Å². The Bertz CT molecular complexity index is 459. The number of hydroxylamine groups is 12. The molecule has 242 valence electrons. The zero-order chi connectivity index (χ0) is 31.2. The summed E-state index contributed by atoms with van der Waals surface area (Å²) in [5.41, 5.74) is 0. The van der Waals surface area contributed by atoms with E-state index in [2.05, 4.69) is 5.32 Å². The van der Waals surface area contributed by atoms with E-state index in [9.17, 15) is 0 Å². The third kappa shape index (κ3) is 44.5. The van der Waals surface area contributed by atoms with Crippen LogP contribution in [0.4, 0.5) is 0 Å². The second-order valence-electron chi connectivity index (χ2n) is 7.88. The lowest BCUT2D eigenvalue weighted by molar-refractivity contribution is -0.313. The van der Waals surface area contributed by atoms with Gasteiger partial charge in [0.05, 0.1) is 39.8 Å². The second-order valence-corrected chi connectivity index (χ2v) is 7.88. The normalized spacial score (nSPS) is 11.4. The number of nitrogens with one attached hydrogen (secondary N) is 1. The van der Waals surface area contributed by atoms with Gasteiger partial charge in [-0.3, -0.25) is 41.5 Å². The van der Waals surface area contributed by atoms with Crippen molar-refractivity contribution in [1.82, 2.24) is 41.1 Å². The number of aliphatic hydroxyl groups is 3. The smallest absolute Gasteiger partial charge is 0.0974 e. The third-order valence-electron chi connectivity index (χ3n) is 4.20. The zero-order valence-corrected chi connectivity index (χ0v) is 23.5. The Hall–Kier alpha value is -0.800. The molecule has 0 aliphatic carbocycles. The van der Waals surface area contributed by atoms with E-state index in [0.29, 0.717) is 26.2 Å². The lowest BCUT2D eigenvalue weighted by atomic mass is 10.4. The first kappa shape index (κ1) is 45.2. The second kappa shape index (κ2) is 33.4. The zero-order valence-electron chi connectivity index (χ0n) is 23.5. The molecule has 13 N–H and O–H groups in total. The molecule has 0 bridgehead atoms. The molecule has 0 rings (SSSR count). The van der Waals surface area contributed by atoms with Gasteiger partial charge in [0, 0.05) is 51.9 Å². The first-order valence-corrected chi connectivity index (χ1v) is 12.3. The molecule has 0 aromatic carbocycles. The topological polar surface area (TPSA) is 277 Å². The highest BCUT2D eigenvalue weighted by Crippen LogP contribution is 1.91. The van der Waals surface area contributed by atoms with Gasteiger partial charge in [0.1, 0.15) is 0 Å². The number of hydrogen-bond donors (Lipinski definition) is 13. The molecule has 0 unspecified atom stereocenters. The first-order valence-electron chi connectivity index (χ1n) is 12.3. The van der Waals surface area contributed by atoms with Gasteiger partial charge in [-0.25, -0.2) is 0 Å². The summed E-state index contributed by atoms with van der Waals surface area (Å²) >= 11 is 0. The maximum absolute atomic E-state index is 8.96. The fourth-order valence-corrected chi connectivity index (χ4v) is 1.89. The van der Waals surface area contributed by atoms with Gasteiger partial charge in [0.15, 0.2) is 0 Å². The number of aliphatic hydroxyl groups excluding tert-OH is 3. The van der Waals surface area contributed by atoms with E-state index in [4.69, 9.17) is 62.2 Å². The molecule has 0 aromatic heterocycles. The van der Waals surface area contributed by atoms with Crippen molar-refractivity contribution < 1.29 is 62.2 Å². The molecule has 0 radical (unpaired) electrons. The number of nitrogens with zero attached hydrogens (tertiary/aromatic N) is 7. The Morgan fingerprint density at radius 3 is 1.33 bits per heavy atom. The average Bonchev–Trinajstić information content (AvgIpc) is 2.88. The molecule has 0 aliphatic rings. The Morgan fingerprint density at radius 1 is 0.564 bits per heavy atom. The molecule has 0 fully saturated rings. The van der Waals surface area contributed by atoms with Crippen molar-refractivity contribution >= 4 is 0 Å². The maximum atomic E-state index is 8.96. The van der Waals surface area contributed by atoms with Gasteiger partial charge in [-0.15, -0.1) is 0 Å². The summed E-state index contributed by atoms with van der Waals surface area (Å²) in [6.45, 7) is 9.73. The van der Waals surface area contributed by atoms with E-state index in [1.165, 1.54) is 4.90 Å². The molecule has 0 amide bonds. The van der Waals surface area contributed by atoms with Gasteiger partial charge >= 0.3 is 0 Å². The highest BCUT2D eigenvalue weighted by Gasteiger charge is 2.05. The summed E-state index contributed by atoms with van der Waals surface area (Å²) in [5.74, 6) is 0. The van der Waals surface area contributed by atoms with Crippen LogP contribution in [0.1, 0.15) is 34.1 Å². The number of likely N-dealkylation sites (N-methyl/N-ethyl adjacent to an activating group) is 1. The molecule has 0 spiro atoms. The lowest BCUT2D eigenvalue weighted by Crippen LogP contribution is -2.34. The standard InChI is InChI=1S/3C5H14N2O3.C4H12N2O3/c1-5(2)6(8)3-4-7(9)10;8-3-6-1-2-7(4-9)5-10;1-2-3-6(8)4-5-7(9)10;1-2-5(7)3-4-6(8)9/h5,8-10H,3-4H2,1-2H3;6,8-10H,1-5H2;8-10H,2-5H2,1H3;7-9H,2-4H2,1H3. The summed E-state index contributed by atoms with van der Waals surface area (Å²) in [7, 11) is 0. The highest BCUT2D eigenvalue weighted by molar-refractivity contribution is 4.50. The predicted octanol–water partition coefficient (Wildman–Crippen LogP) is -2.16. The van der Waals surface area contributed by atoms with Crippen LogP contribution in [0.3, 0.4) is 0 Å². The van der Waals surface area contributed by atoms with Crippen LogP contribution in [-0.4, -0.2) is 190 Å². The maximum Gasteiger partial charge on any atom is 0.0974 e. The fraction of sp³-hybridized carbons (Fsp3) is 1.00. The summed E-state index contributed by atoms with van der Waals surface area (Å²) in [6, 6.07) is -0.0000463. The minimum Gasteiger partial charge on any atom is -0.381 e. The lowest BCUT2D eigenvalue weighted by Gasteiger charge is -2.19. The van der Waals surface area contributed by atoms with E-state index in [-0.39, 0.29) is 81.2 Å². The number of hydrogen-bond acceptors (Lipinski definition) is 20. The minimum atomic E-state index is -0.163. The molecule has 20 nitrogen and oxygen atoms in total. The molecule has 0 aliphatic heterocycles. The summed E-state index contributed by atoms with van der Waals surface area (Å²) in [6.07, 6.45) is 0.841. The van der Waals surface area contributed by atoms with Crippen molar-refractivity contribution in [3.05, 3.63) is 0 Å². The third-order valence-corrected chi connectivity index (χ3v) is 4.20. The van der Waals surface area contributed by atoms with Crippen molar-refractivity contribution in [1.29, 1.82) is 0 Å². The Morgan fingerprint density at radius 2 is 1.00 bits per heavy atom. The van der Waals surface area contributed by atoms with Gasteiger partial charge in [-0.2, -0.15) is 15.2 Å². The highest BCUT2D eigenvalue weighted by atomic mass is 16.8. The van der Waals surface area contributed by atoms with Crippen molar-refractivity contribution in [2.45, 2.75) is 40.2 Å². The molecule has 0 atom stereocenters. The van der Waals surface area contributed by atoms with Crippen LogP contribution in [0.5, 0.6) is 0 Å². The fourth-order valence-electron chi connectivity index (χ4n) is 1.89. The SMILES string of the molecule is CC(C)N(O)CCN(O)O.CCCN(O)CCN(O)O.CCN(O)CCN(O)O.OCNCCN(CO)CO. The monoisotopic (exact) mass is 586 g/mol. The average molecular weight is 587 g/mol. The predicted molar refractivity (Wildman–Crippen MR) is 133 cm³/mol. The molecule has 39 heavy (non-hydrogen) atoms. The van der Waals surface area contributed by atoms with Crippen LogP contribution >= 0.6 is 0 Å².